The minimum atomic E-state index is -0.411. The number of carbonyl (C=O) groups excluding carboxylic acids is 1. The number of ether oxygens (including phenoxy) is 1. The van der Waals surface area contributed by atoms with Gasteiger partial charge in [0.25, 0.3) is 0 Å². The third kappa shape index (κ3) is 5.99. The van der Waals surface area contributed by atoms with Crippen molar-refractivity contribution in [1.82, 2.24) is 5.43 Å². The second-order valence-corrected chi connectivity index (χ2v) is 7.54. The second-order valence-electron chi connectivity index (χ2n) is 6.70. The summed E-state index contributed by atoms with van der Waals surface area (Å²) in [6, 6.07) is 17.9. The molecule has 30 heavy (non-hydrogen) atoms. The minimum absolute atomic E-state index is 0.340. The highest BCUT2D eigenvalue weighted by Crippen LogP contribution is 2.27. The van der Waals surface area contributed by atoms with Gasteiger partial charge in [0.05, 0.1) is 6.21 Å². The van der Waals surface area contributed by atoms with E-state index in [0.717, 1.165) is 28.0 Å². The Hall–Kier alpha value is -3.02. The van der Waals surface area contributed by atoms with E-state index in [1.54, 1.807) is 30.5 Å². The van der Waals surface area contributed by atoms with Crippen LogP contribution >= 0.6 is 23.2 Å². The summed E-state index contributed by atoms with van der Waals surface area (Å²) in [4.78, 5) is 11.9. The summed E-state index contributed by atoms with van der Waals surface area (Å²) in [7, 11) is 0. The normalized spacial score (nSPS) is 10.8. The lowest BCUT2D eigenvalue weighted by Gasteiger charge is -2.14. The van der Waals surface area contributed by atoms with Crippen molar-refractivity contribution in [3.8, 4) is 5.75 Å². The number of halogens is 2. The van der Waals surface area contributed by atoms with E-state index in [2.05, 4.69) is 15.8 Å². The lowest BCUT2D eigenvalue weighted by Crippen LogP contribution is -2.24. The number of amides is 2. The molecule has 0 radical (unpaired) electrons. The van der Waals surface area contributed by atoms with Gasteiger partial charge in [-0.2, -0.15) is 5.10 Å². The van der Waals surface area contributed by atoms with Crippen molar-refractivity contribution in [2.45, 2.75) is 20.5 Å². The average Bonchev–Trinajstić information content (AvgIpc) is 2.69. The van der Waals surface area contributed by atoms with Crippen LogP contribution in [0.4, 0.5) is 10.5 Å². The highest BCUT2D eigenvalue weighted by Gasteiger charge is 2.08. The van der Waals surface area contributed by atoms with E-state index >= 15 is 0 Å². The van der Waals surface area contributed by atoms with Crippen LogP contribution in [0.5, 0.6) is 5.75 Å². The number of nitrogens with one attached hydrogen (secondary N) is 2. The fourth-order valence-corrected chi connectivity index (χ4v) is 3.38. The number of hydrogen-bond donors (Lipinski definition) is 2. The zero-order valence-electron chi connectivity index (χ0n) is 16.6. The smallest absolute Gasteiger partial charge is 0.339 e. The van der Waals surface area contributed by atoms with Crippen molar-refractivity contribution in [3.63, 3.8) is 0 Å². The van der Waals surface area contributed by atoms with E-state index in [0.29, 0.717) is 22.3 Å². The zero-order chi connectivity index (χ0) is 21.5. The van der Waals surface area contributed by atoms with Gasteiger partial charge in [0, 0.05) is 21.3 Å². The number of nitrogens with zero attached hydrogens (tertiary/aromatic N) is 1. The third-order valence-electron chi connectivity index (χ3n) is 4.28. The largest absolute Gasteiger partial charge is 0.488 e. The molecule has 0 saturated heterocycles. The Labute approximate surface area is 185 Å². The Kier molecular flexibility index (Phi) is 7.33. The number of aryl methyl sites for hydroxylation is 2. The predicted octanol–water partition coefficient (Wildman–Crippen LogP) is 6.34. The van der Waals surface area contributed by atoms with Crippen LogP contribution in [0.1, 0.15) is 22.3 Å². The quantitative estimate of drug-likeness (QED) is 0.345. The lowest BCUT2D eigenvalue weighted by atomic mass is 10.1. The summed E-state index contributed by atoms with van der Waals surface area (Å²) < 4.78 is 5.99. The van der Waals surface area contributed by atoms with Gasteiger partial charge in [-0.05, 0) is 66.9 Å². The molecule has 7 heteroatoms. The first-order valence-electron chi connectivity index (χ1n) is 9.25. The van der Waals surface area contributed by atoms with Crippen LogP contribution in [0.15, 0.2) is 65.8 Å². The lowest BCUT2D eigenvalue weighted by molar-refractivity contribution is 0.252. The Morgan fingerprint density at radius 3 is 2.40 bits per heavy atom. The summed E-state index contributed by atoms with van der Waals surface area (Å²) in [6.07, 6.45) is 1.59. The number of anilines is 1. The molecule has 5 nitrogen and oxygen atoms in total. The van der Waals surface area contributed by atoms with Crippen molar-refractivity contribution in [3.05, 3.63) is 93.0 Å². The summed E-state index contributed by atoms with van der Waals surface area (Å²) in [5.74, 6) is 0.785. The van der Waals surface area contributed by atoms with Crippen LogP contribution in [-0.2, 0) is 6.61 Å². The number of para-hydroxylation sites is 1. The number of rotatable bonds is 6. The van der Waals surface area contributed by atoms with Crippen molar-refractivity contribution < 1.29 is 9.53 Å². The molecular weight excluding hydrogens is 421 g/mol. The van der Waals surface area contributed by atoms with E-state index in [9.17, 15) is 4.79 Å². The van der Waals surface area contributed by atoms with Gasteiger partial charge in [0.15, 0.2) is 0 Å². The minimum Gasteiger partial charge on any atom is -0.488 e. The maximum atomic E-state index is 11.9. The number of benzene rings is 3. The molecular formula is C23H21Cl2N3O2. The summed E-state index contributed by atoms with van der Waals surface area (Å²) in [6.45, 7) is 4.25. The van der Waals surface area contributed by atoms with Crippen LogP contribution in [-0.4, -0.2) is 12.2 Å². The average molecular weight is 442 g/mol. The SMILES string of the molecule is Cc1cc(/C=N\NC(=O)Nc2ccccc2)cc(C)c1OCc1ccc(Cl)cc1Cl. The molecule has 2 amide bonds. The maximum absolute atomic E-state index is 11.9. The van der Waals surface area contributed by atoms with Crippen LogP contribution in [0.25, 0.3) is 0 Å². The van der Waals surface area contributed by atoms with Crippen LogP contribution in [0.3, 0.4) is 0 Å². The third-order valence-corrected chi connectivity index (χ3v) is 4.87. The Balaban J connectivity index is 1.61. The first-order valence-corrected chi connectivity index (χ1v) is 10.0. The molecule has 0 saturated carbocycles. The molecule has 0 aromatic heterocycles. The van der Waals surface area contributed by atoms with Gasteiger partial charge >= 0.3 is 6.03 Å². The molecule has 0 bridgehead atoms. The fraction of sp³-hybridized carbons (Fsp3) is 0.130. The number of carbonyl (C=O) groups is 1. The molecule has 0 unspecified atom stereocenters. The highest BCUT2D eigenvalue weighted by atomic mass is 35.5. The van der Waals surface area contributed by atoms with Gasteiger partial charge in [0.1, 0.15) is 12.4 Å². The van der Waals surface area contributed by atoms with E-state index in [-0.39, 0.29) is 0 Å². The number of hydrogen-bond acceptors (Lipinski definition) is 3. The standard InChI is InChI=1S/C23H21Cl2N3O2/c1-15-10-17(13-26-28-23(29)27-20-6-4-3-5-7-20)11-16(2)22(15)30-14-18-8-9-19(24)12-21(18)25/h3-13H,14H2,1-2H3,(H2,27,28,29)/b26-13-. The zero-order valence-corrected chi connectivity index (χ0v) is 18.1. The van der Waals surface area contributed by atoms with Gasteiger partial charge in [0.2, 0.25) is 0 Å². The van der Waals surface area contributed by atoms with Crippen LogP contribution < -0.4 is 15.5 Å². The van der Waals surface area contributed by atoms with Crippen LogP contribution in [0, 0.1) is 13.8 Å². The van der Waals surface area contributed by atoms with E-state index < -0.39 is 6.03 Å². The van der Waals surface area contributed by atoms with Gasteiger partial charge in [-0.3, -0.25) is 0 Å². The van der Waals surface area contributed by atoms with E-state index in [1.165, 1.54) is 0 Å². The van der Waals surface area contributed by atoms with Crippen molar-refractivity contribution in [1.29, 1.82) is 0 Å². The molecule has 0 aliphatic rings. The molecule has 0 fully saturated rings. The molecule has 0 heterocycles. The topological polar surface area (TPSA) is 62.7 Å². The maximum Gasteiger partial charge on any atom is 0.339 e. The molecule has 0 aliphatic carbocycles. The summed E-state index contributed by atoms with van der Waals surface area (Å²) in [5.41, 5.74) is 6.76. The van der Waals surface area contributed by atoms with Gasteiger partial charge in [-0.25, -0.2) is 10.2 Å². The molecule has 0 spiro atoms. The molecule has 3 aromatic carbocycles. The molecule has 154 valence electrons. The van der Waals surface area contributed by atoms with E-state index in [1.807, 2.05) is 50.2 Å². The molecule has 3 rings (SSSR count). The van der Waals surface area contributed by atoms with E-state index in [4.69, 9.17) is 27.9 Å². The Morgan fingerprint density at radius 2 is 1.73 bits per heavy atom. The Morgan fingerprint density at radius 1 is 1.03 bits per heavy atom. The first-order chi connectivity index (χ1) is 14.4. The second kappa shape index (κ2) is 10.1. The number of hydrazone groups is 1. The Bertz CT molecular complexity index is 1050. The van der Waals surface area contributed by atoms with Gasteiger partial charge in [-0.1, -0.05) is 47.5 Å². The predicted molar refractivity (Wildman–Crippen MR) is 123 cm³/mol. The fourth-order valence-electron chi connectivity index (χ4n) is 2.92. The number of urea groups is 1. The van der Waals surface area contributed by atoms with Crippen molar-refractivity contribution in [2.24, 2.45) is 5.10 Å². The van der Waals surface area contributed by atoms with Crippen molar-refractivity contribution >= 4 is 41.1 Å². The molecule has 0 aliphatic heterocycles. The molecule has 0 atom stereocenters. The van der Waals surface area contributed by atoms with Crippen LogP contribution in [0.2, 0.25) is 10.0 Å². The molecule has 3 aromatic rings. The first kappa shape index (κ1) is 21.7. The molecule has 2 N–H and O–H groups in total. The summed E-state index contributed by atoms with van der Waals surface area (Å²) in [5, 5.41) is 7.86. The monoisotopic (exact) mass is 441 g/mol. The van der Waals surface area contributed by atoms with Gasteiger partial charge < -0.3 is 10.1 Å². The summed E-state index contributed by atoms with van der Waals surface area (Å²) >= 11 is 12.1. The van der Waals surface area contributed by atoms with Gasteiger partial charge in [-0.15, -0.1) is 0 Å². The highest BCUT2D eigenvalue weighted by molar-refractivity contribution is 6.35. The van der Waals surface area contributed by atoms with Crippen molar-refractivity contribution in [2.75, 3.05) is 5.32 Å².